The maximum absolute atomic E-state index is 13.9. The van der Waals surface area contributed by atoms with Gasteiger partial charge in [0.05, 0.1) is 20.7 Å². The summed E-state index contributed by atoms with van der Waals surface area (Å²) in [6.45, 7) is 1.36. The van der Waals surface area contributed by atoms with E-state index in [0.29, 0.717) is 19.6 Å². The molecule has 4 aromatic rings. The topological polar surface area (TPSA) is 60.7 Å². The number of fused-ring (bicyclic) bond motifs is 3. The van der Waals surface area contributed by atoms with Gasteiger partial charge in [0.25, 0.3) is 5.56 Å². The minimum Gasteiger partial charge on any atom is -0.426 e. The van der Waals surface area contributed by atoms with Crippen LogP contribution in [0.15, 0.2) is 91.0 Å². The lowest BCUT2D eigenvalue weighted by molar-refractivity contribution is -0.131. The lowest BCUT2D eigenvalue weighted by Crippen LogP contribution is -2.38. The molecule has 0 saturated heterocycles. The van der Waals surface area contributed by atoms with Gasteiger partial charge in [0, 0.05) is 17.0 Å². The number of aromatic nitrogens is 1. The number of halogens is 2. The summed E-state index contributed by atoms with van der Waals surface area (Å²) in [7, 11) is 0. The summed E-state index contributed by atoms with van der Waals surface area (Å²) in [6, 6.07) is 21.8. The predicted octanol–water partition coefficient (Wildman–Crippen LogP) is 5.77. The highest BCUT2D eigenvalue weighted by Crippen LogP contribution is 2.41. The summed E-state index contributed by atoms with van der Waals surface area (Å²) in [6.07, 6.45) is 3.64. The van der Waals surface area contributed by atoms with Gasteiger partial charge in [-0.05, 0) is 81.4 Å². The lowest BCUT2D eigenvalue weighted by atomic mass is 9.83. The fourth-order valence-corrected chi connectivity index (χ4v) is 6.71. The monoisotopic (exact) mass is 634 g/mol. The Labute approximate surface area is 233 Å². The van der Waals surface area contributed by atoms with Crippen molar-refractivity contribution in [3.8, 4) is 5.75 Å². The molecule has 0 bridgehead atoms. The van der Waals surface area contributed by atoms with Crippen LogP contribution in [0.4, 0.5) is 0 Å². The van der Waals surface area contributed by atoms with E-state index in [1.54, 1.807) is 6.07 Å². The zero-order chi connectivity index (χ0) is 25.7. The Bertz CT molecular complexity index is 1790. The van der Waals surface area contributed by atoms with Gasteiger partial charge in [-0.1, -0.05) is 69.7 Å². The van der Waals surface area contributed by atoms with Crippen LogP contribution in [-0.4, -0.2) is 10.5 Å². The minimum atomic E-state index is -0.389. The second-order valence-electron chi connectivity index (χ2n) is 8.95. The van der Waals surface area contributed by atoms with Crippen molar-refractivity contribution in [1.29, 1.82) is 0 Å². The van der Waals surface area contributed by atoms with E-state index in [2.05, 4.69) is 62.2 Å². The van der Waals surface area contributed by atoms with Crippen molar-refractivity contribution in [3.05, 3.63) is 123 Å². The van der Waals surface area contributed by atoms with E-state index in [4.69, 9.17) is 9.73 Å². The Kier molecular flexibility index (Phi) is 6.34. The first kappa shape index (κ1) is 24.3. The van der Waals surface area contributed by atoms with Crippen molar-refractivity contribution in [1.82, 2.24) is 4.57 Å². The molecule has 1 aliphatic carbocycles. The number of hydrogen-bond acceptors (Lipinski definition) is 5. The third-order valence-electron chi connectivity index (χ3n) is 6.57. The van der Waals surface area contributed by atoms with Gasteiger partial charge in [0.1, 0.15) is 5.75 Å². The molecule has 0 amide bonds. The molecule has 184 valence electrons. The molecule has 2 heterocycles. The van der Waals surface area contributed by atoms with Gasteiger partial charge in [-0.25, -0.2) is 4.99 Å². The summed E-state index contributed by atoms with van der Waals surface area (Å²) in [4.78, 5) is 30.9. The molecule has 37 heavy (non-hydrogen) atoms. The lowest BCUT2D eigenvalue weighted by Gasteiger charge is -2.30. The van der Waals surface area contributed by atoms with Gasteiger partial charge in [0.15, 0.2) is 4.80 Å². The number of aryl methyl sites for hydroxylation is 1. The molecule has 1 aromatic heterocycles. The molecule has 0 radical (unpaired) electrons. The van der Waals surface area contributed by atoms with Gasteiger partial charge >= 0.3 is 5.97 Å². The molecule has 8 heteroatoms. The van der Waals surface area contributed by atoms with Crippen molar-refractivity contribution in [2.24, 2.45) is 4.99 Å². The van der Waals surface area contributed by atoms with Gasteiger partial charge < -0.3 is 4.74 Å². The Morgan fingerprint density at radius 2 is 1.86 bits per heavy atom. The van der Waals surface area contributed by atoms with Crippen LogP contribution in [0.1, 0.15) is 41.6 Å². The highest BCUT2D eigenvalue weighted by Gasteiger charge is 2.32. The van der Waals surface area contributed by atoms with E-state index < -0.39 is 0 Å². The number of esters is 1. The summed E-state index contributed by atoms with van der Waals surface area (Å²) in [5.74, 6) is 0.0490. The van der Waals surface area contributed by atoms with Crippen LogP contribution in [0.3, 0.4) is 0 Å². The SMILES string of the molecule is CC(=O)Oc1ccc(/C=c2/sc3n(c2=O)[C@@H](c2ccc(Br)cc2)C2=C(N=3)c3ccccc3CC2)cc1Br. The number of hydrogen-bond donors (Lipinski definition) is 0. The Balaban J connectivity index is 1.54. The molecule has 2 aliphatic rings. The van der Waals surface area contributed by atoms with E-state index in [-0.39, 0.29) is 17.6 Å². The summed E-state index contributed by atoms with van der Waals surface area (Å²) >= 11 is 8.39. The fourth-order valence-electron chi connectivity index (χ4n) is 4.96. The first-order valence-corrected chi connectivity index (χ1v) is 14.2. The second-order valence-corrected chi connectivity index (χ2v) is 11.7. The maximum Gasteiger partial charge on any atom is 0.308 e. The normalized spacial score (nSPS) is 16.5. The van der Waals surface area contributed by atoms with Gasteiger partial charge in [-0.15, -0.1) is 0 Å². The van der Waals surface area contributed by atoms with Gasteiger partial charge in [-0.3, -0.25) is 14.2 Å². The molecule has 5 nitrogen and oxygen atoms in total. The first-order valence-electron chi connectivity index (χ1n) is 11.8. The van der Waals surface area contributed by atoms with Crippen molar-refractivity contribution >= 4 is 60.9 Å². The Hall–Kier alpha value is -3.07. The van der Waals surface area contributed by atoms with Crippen molar-refractivity contribution in [3.63, 3.8) is 0 Å². The van der Waals surface area contributed by atoms with Crippen LogP contribution >= 0.6 is 43.2 Å². The van der Waals surface area contributed by atoms with Crippen molar-refractivity contribution in [2.45, 2.75) is 25.8 Å². The summed E-state index contributed by atoms with van der Waals surface area (Å²) in [5.41, 5.74) is 6.41. The van der Waals surface area contributed by atoms with E-state index in [9.17, 15) is 9.59 Å². The summed E-state index contributed by atoms with van der Waals surface area (Å²) in [5, 5.41) is 0. The van der Waals surface area contributed by atoms with Gasteiger partial charge in [0.2, 0.25) is 0 Å². The number of nitrogens with zero attached hydrogens (tertiary/aromatic N) is 2. The fraction of sp³-hybridized carbons (Fsp3) is 0.138. The Morgan fingerprint density at radius 3 is 2.62 bits per heavy atom. The number of thiazole rings is 1. The van der Waals surface area contributed by atoms with E-state index in [1.165, 1.54) is 29.4 Å². The molecule has 6 rings (SSSR count). The molecule has 0 fully saturated rings. The van der Waals surface area contributed by atoms with Crippen LogP contribution in [0.5, 0.6) is 5.75 Å². The van der Waals surface area contributed by atoms with E-state index in [1.807, 2.05) is 41.0 Å². The zero-order valence-corrected chi connectivity index (χ0v) is 23.7. The zero-order valence-electron chi connectivity index (χ0n) is 19.7. The predicted molar refractivity (Wildman–Crippen MR) is 152 cm³/mol. The van der Waals surface area contributed by atoms with Crippen LogP contribution in [0, 0.1) is 0 Å². The van der Waals surface area contributed by atoms with Crippen LogP contribution in [-0.2, 0) is 11.2 Å². The van der Waals surface area contributed by atoms with Crippen molar-refractivity contribution < 1.29 is 9.53 Å². The first-order chi connectivity index (χ1) is 17.9. The molecule has 0 spiro atoms. The van der Waals surface area contributed by atoms with Crippen LogP contribution in [0.25, 0.3) is 11.8 Å². The number of carbonyl (C=O) groups is 1. The van der Waals surface area contributed by atoms with Crippen LogP contribution in [0.2, 0.25) is 0 Å². The molecule has 0 N–H and O–H groups in total. The number of allylic oxidation sites excluding steroid dienone is 1. The highest BCUT2D eigenvalue weighted by molar-refractivity contribution is 9.10. The van der Waals surface area contributed by atoms with Crippen molar-refractivity contribution in [2.75, 3.05) is 0 Å². The van der Waals surface area contributed by atoms with Gasteiger partial charge in [-0.2, -0.15) is 0 Å². The summed E-state index contributed by atoms with van der Waals surface area (Å²) < 4.78 is 9.29. The third kappa shape index (κ3) is 4.47. The molecular formula is C29H20Br2N2O3S. The minimum absolute atomic E-state index is 0.0673. The highest BCUT2D eigenvalue weighted by atomic mass is 79.9. The van der Waals surface area contributed by atoms with E-state index in [0.717, 1.165) is 39.7 Å². The Morgan fingerprint density at radius 1 is 1.08 bits per heavy atom. The number of benzene rings is 3. The molecular weight excluding hydrogens is 616 g/mol. The smallest absolute Gasteiger partial charge is 0.308 e. The number of ether oxygens (including phenoxy) is 1. The average Bonchev–Trinajstić information content (AvgIpc) is 3.19. The van der Waals surface area contributed by atoms with Crippen LogP contribution < -0.4 is 19.6 Å². The quantitative estimate of drug-likeness (QED) is 0.212. The molecule has 3 aromatic carbocycles. The molecule has 0 unspecified atom stereocenters. The molecule has 0 saturated carbocycles. The standard InChI is InChI=1S/C29H20Br2N2O3S/c1-16(34)36-24-13-6-17(14-23(24)31)15-25-28(35)33-27(19-7-10-20(30)11-8-19)22-12-9-18-4-2-3-5-21(18)26(22)32-29(33)37-25/h2-8,10-11,13-15,27H,9,12H2,1H3/b25-15+/t27-/m0/s1. The largest absolute Gasteiger partial charge is 0.426 e. The average molecular weight is 636 g/mol. The molecule has 1 aliphatic heterocycles. The molecule has 1 atom stereocenters. The number of rotatable bonds is 3. The van der Waals surface area contributed by atoms with E-state index >= 15 is 0 Å². The maximum atomic E-state index is 13.9. The number of carbonyl (C=O) groups excluding carboxylic acids is 1. The second kappa shape index (κ2) is 9.67. The third-order valence-corrected chi connectivity index (χ3v) is 8.70.